The molecule has 0 saturated heterocycles. The molecule has 0 amide bonds. The summed E-state index contributed by atoms with van der Waals surface area (Å²) in [6.45, 7) is 6.01. The van der Waals surface area contributed by atoms with Gasteiger partial charge in [0.25, 0.3) is 0 Å². The van der Waals surface area contributed by atoms with Crippen LogP contribution in [0.15, 0.2) is 0 Å². The van der Waals surface area contributed by atoms with Gasteiger partial charge in [0.2, 0.25) is 0 Å². The lowest BCUT2D eigenvalue weighted by Gasteiger charge is -2.34. The van der Waals surface area contributed by atoms with E-state index in [1.807, 2.05) is 0 Å². The Bertz CT molecular complexity index is 152. The van der Waals surface area contributed by atoms with Crippen LogP contribution in [-0.2, 0) is 4.74 Å². The van der Waals surface area contributed by atoms with Crippen LogP contribution in [0.25, 0.3) is 0 Å². The Balaban J connectivity index is 2.35. The third-order valence-corrected chi connectivity index (χ3v) is 3.74. The molecule has 0 bridgehead atoms. The summed E-state index contributed by atoms with van der Waals surface area (Å²) < 4.78 is 5.56. The molecule has 14 heavy (non-hydrogen) atoms. The zero-order valence-corrected chi connectivity index (χ0v) is 9.72. The predicted molar refractivity (Wildman–Crippen MR) is 60.3 cm³/mol. The first-order chi connectivity index (χ1) is 6.75. The number of rotatable bonds is 6. The second kappa shape index (κ2) is 5.72. The molecule has 0 spiro atoms. The fourth-order valence-electron chi connectivity index (χ4n) is 2.60. The lowest BCUT2D eigenvalue weighted by molar-refractivity contribution is 0.0722. The predicted octanol–water partition coefficient (Wildman–Crippen LogP) is 2.71. The third-order valence-electron chi connectivity index (χ3n) is 3.74. The largest absolute Gasteiger partial charge is 0.380 e. The highest BCUT2D eigenvalue weighted by Gasteiger charge is 2.37. The molecule has 0 heterocycles. The Kier molecular flexibility index (Phi) is 4.90. The van der Waals surface area contributed by atoms with E-state index in [1.54, 1.807) is 0 Å². The Hall–Kier alpha value is -0.0800. The summed E-state index contributed by atoms with van der Waals surface area (Å²) in [7, 11) is 0. The van der Waals surface area contributed by atoms with Gasteiger partial charge >= 0.3 is 0 Å². The number of ether oxygens (including phenoxy) is 1. The van der Waals surface area contributed by atoms with E-state index >= 15 is 0 Å². The van der Waals surface area contributed by atoms with Crippen LogP contribution in [0.4, 0.5) is 0 Å². The Labute approximate surface area is 88.2 Å². The summed E-state index contributed by atoms with van der Waals surface area (Å²) in [6.07, 6.45) is 7.63. The SMILES string of the molecule is CCCOCC(N)C1(CC)CCCC1. The summed E-state index contributed by atoms with van der Waals surface area (Å²) in [5.74, 6) is 0. The topological polar surface area (TPSA) is 35.2 Å². The summed E-state index contributed by atoms with van der Waals surface area (Å²) in [6, 6.07) is 0.251. The van der Waals surface area contributed by atoms with Crippen LogP contribution >= 0.6 is 0 Å². The molecule has 1 atom stereocenters. The zero-order chi connectivity index (χ0) is 10.4. The van der Waals surface area contributed by atoms with Crippen molar-refractivity contribution in [2.75, 3.05) is 13.2 Å². The minimum Gasteiger partial charge on any atom is -0.380 e. The van der Waals surface area contributed by atoms with Gasteiger partial charge in [-0.1, -0.05) is 26.7 Å². The molecule has 1 saturated carbocycles. The van der Waals surface area contributed by atoms with E-state index in [9.17, 15) is 0 Å². The quantitative estimate of drug-likeness (QED) is 0.668. The molecule has 1 rings (SSSR count). The highest BCUT2D eigenvalue weighted by atomic mass is 16.5. The van der Waals surface area contributed by atoms with Crippen LogP contribution in [0.3, 0.4) is 0 Å². The maximum atomic E-state index is 6.24. The van der Waals surface area contributed by atoms with E-state index in [0.717, 1.165) is 19.6 Å². The Morgan fingerprint density at radius 1 is 1.29 bits per heavy atom. The molecule has 0 aromatic heterocycles. The summed E-state index contributed by atoms with van der Waals surface area (Å²) in [4.78, 5) is 0. The standard InChI is InChI=1S/C12H25NO/c1-3-9-14-10-11(13)12(4-2)7-5-6-8-12/h11H,3-10,13H2,1-2H3. The van der Waals surface area contributed by atoms with Crippen LogP contribution in [0, 0.1) is 5.41 Å². The minimum absolute atomic E-state index is 0.251. The molecular weight excluding hydrogens is 174 g/mol. The van der Waals surface area contributed by atoms with Gasteiger partial charge in [-0.3, -0.25) is 0 Å². The van der Waals surface area contributed by atoms with Gasteiger partial charge in [-0.15, -0.1) is 0 Å². The van der Waals surface area contributed by atoms with Gasteiger partial charge in [-0.05, 0) is 31.1 Å². The molecule has 1 unspecified atom stereocenters. The summed E-state index contributed by atoms with van der Waals surface area (Å²) in [5.41, 5.74) is 6.64. The fourth-order valence-corrected chi connectivity index (χ4v) is 2.60. The van der Waals surface area contributed by atoms with E-state index in [4.69, 9.17) is 10.5 Å². The van der Waals surface area contributed by atoms with Gasteiger partial charge in [0.1, 0.15) is 0 Å². The molecule has 0 radical (unpaired) electrons. The van der Waals surface area contributed by atoms with Crippen molar-refractivity contribution in [3.05, 3.63) is 0 Å². The second-order valence-electron chi connectivity index (χ2n) is 4.60. The molecule has 1 aliphatic rings. The average molecular weight is 199 g/mol. The van der Waals surface area contributed by atoms with E-state index in [2.05, 4.69) is 13.8 Å². The molecule has 2 heteroatoms. The van der Waals surface area contributed by atoms with Crippen molar-refractivity contribution in [2.24, 2.45) is 11.1 Å². The number of hydrogen-bond donors (Lipinski definition) is 1. The zero-order valence-electron chi connectivity index (χ0n) is 9.72. The fraction of sp³-hybridized carbons (Fsp3) is 1.00. The Morgan fingerprint density at radius 2 is 1.93 bits per heavy atom. The van der Waals surface area contributed by atoms with Crippen molar-refractivity contribution >= 4 is 0 Å². The van der Waals surface area contributed by atoms with Crippen molar-refractivity contribution in [1.82, 2.24) is 0 Å². The van der Waals surface area contributed by atoms with Gasteiger partial charge in [0, 0.05) is 12.6 Å². The molecule has 1 fully saturated rings. The van der Waals surface area contributed by atoms with Crippen molar-refractivity contribution in [1.29, 1.82) is 0 Å². The van der Waals surface area contributed by atoms with Gasteiger partial charge in [0.15, 0.2) is 0 Å². The second-order valence-corrected chi connectivity index (χ2v) is 4.60. The van der Waals surface area contributed by atoms with Crippen molar-refractivity contribution in [3.8, 4) is 0 Å². The first-order valence-corrected chi connectivity index (χ1v) is 6.08. The highest BCUT2D eigenvalue weighted by Crippen LogP contribution is 2.43. The summed E-state index contributed by atoms with van der Waals surface area (Å²) >= 11 is 0. The van der Waals surface area contributed by atoms with Gasteiger partial charge in [-0.2, -0.15) is 0 Å². The van der Waals surface area contributed by atoms with Gasteiger partial charge in [-0.25, -0.2) is 0 Å². The molecular formula is C12H25NO. The molecule has 1 aliphatic carbocycles. The number of hydrogen-bond acceptors (Lipinski definition) is 2. The van der Waals surface area contributed by atoms with Crippen molar-refractivity contribution < 1.29 is 4.74 Å². The van der Waals surface area contributed by atoms with Crippen LogP contribution in [0.5, 0.6) is 0 Å². The maximum absolute atomic E-state index is 6.24. The monoisotopic (exact) mass is 199 g/mol. The smallest absolute Gasteiger partial charge is 0.0622 e. The number of nitrogens with two attached hydrogens (primary N) is 1. The van der Waals surface area contributed by atoms with Crippen molar-refractivity contribution in [2.45, 2.75) is 58.4 Å². The molecule has 0 aromatic rings. The van der Waals surface area contributed by atoms with E-state index in [-0.39, 0.29) is 6.04 Å². The molecule has 0 aliphatic heterocycles. The van der Waals surface area contributed by atoms with Crippen LogP contribution < -0.4 is 5.73 Å². The van der Waals surface area contributed by atoms with E-state index in [0.29, 0.717) is 5.41 Å². The third kappa shape index (κ3) is 2.71. The molecule has 84 valence electrons. The Morgan fingerprint density at radius 3 is 2.43 bits per heavy atom. The van der Waals surface area contributed by atoms with Crippen molar-refractivity contribution in [3.63, 3.8) is 0 Å². The van der Waals surface area contributed by atoms with Crippen LogP contribution in [0.2, 0.25) is 0 Å². The maximum Gasteiger partial charge on any atom is 0.0622 e. The molecule has 2 nitrogen and oxygen atoms in total. The lowest BCUT2D eigenvalue weighted by atomic mass is 9.77. The van der Waals surface area contributed by atoms with E-state index in [1.165, 1.54) is 32.1 Å². The van der Waals surface area contributed by atoms with Gasteiger partial charge < -0.3 is 10.5 Å². The average Bonchev–Trinajstić information content (AvgIpc) is 2.67. The minimum atomic E-state index is 0.251. The van der Waals surface area contributed by atoms with E-state index < -0.39 is 0 Å². The summed E-state index contributed by atoms with van der Waals surface area (Å²) in [5, 5.41) is 0. The van der Waals surface area contributed by atoms with Crippen LogP contribution in [0.1, 0.15) is 52.4 Å². The first kappa shape index (κ1) is 12.0. The molecule has 2 N–H and O–H groups in total. The first-order valence-electron chi connectivity index (χ1n) is 6.08. The molecule has 0 aromatic carbocycles. The van der Waals surface area contributed by atoms with Crippen LogP contribution in [-0.4, -0.2) is 19.3 Å². The lowest BCUT2D eigenvalue weighted by Crippen LogP contribution is -2.43. The van der Waals surface area contributed by atoms with Gasteiger partial charge in [0.05, 0.1) is 6.61 Å². The normalized spacial score (nSPS) is 22.5. The highest BCUT2D eigenvalue weighted by molar-refractivity contribution is 4.92.